The van der Waals surface area contributed by atoms with E-state index in [0.717, 1.165) is 10.0 Å². The second-order valence-corrected chi connectivity index (χ2v) is 3.75. The predicted molar refractivity (Wildman–Crippen MR) is 64.8 cm³/mol. The monoisotopic (exact) mass is 277 g/mol. The number of aromatic hydroxyl groups is 1. The lowest BCUT2D eigenvalue weighted by Crippen LogP contribution is -2.08. The van der Waals surface area contributed by atoms with Crippen LogP contribution in [0.2, 0.25) is 0 Å². The van der Waals surface area contributed by atoms with Crippen LogP contribution >= 0.6 is 28.3 Å². The van der Waals surface area contributed by atoms with Crippen LogP contribution in [0.3, 0.4) is 0 Å². The highest BCUT2D eigenvalue weighted by Gasteiger charge is 2.08. The zero-order valence-electron chi connectivity index (χ0n) is 7.61. The Morgan fingerprint density at radius 2 is 2.21 bits per heavy atom. The standard InChI is InChI=1S/C10H12BrNO.ClH/c1-2-3-9(12)8-5-4-7(11)6-10(8)13;/h2,4-6,9,13H,1,3,12H2;1H/t9-;/m1./s1. The summed E-state index contributed by atoms with van der Waals surface area (Å²) < 4.78 is 0.847. The zero-order chi connectivity index (χ0) is 9.84. The highest BCUT2D eigenvalue weighted by Crippen LogP contribution is 2.27. The van der Waals surface area contributed by atoms with Gasteiger partial charge in [-0.2, -0.15) is 0 Å². The van der Waals surface area contributed by atoms with E-state index in [9.17, 15) is 5.11 Å². The number of phenolic OH excluding ortho intramolecular Hbond substituents is 1. The minimum Gasteiger partial charge on any atom is -0.508 e. The number of benzene rings is 1. The van der Waals surface area contributed by atoms with Gasteiger partial charge in [0.15, 0.2) is 0 Å². The zero-order valence-corrected chi connectivity index (χ0v) is 10.0. The molecule has 14 heavy (non-hydrogen) atoms. The molecule has 0 fully saturated rings. The van der Waals surface area contributed by atoms with E-state index in [1.165, 1.54) is 0 Å². The van der Waals surface area contributed by atoms with Crippen LogP contribution in [0.15, 0.2) is 35.3 Å². The molecule has 1 atom stereocenters. The van der Waals surface area contributed by atoms with Crippen molar-refractivity contribution in [3.63, 3.8) is 0 Å². The van der Waals surface area contributed by atoms with E-state index >= 15 is 0 Å². The van der Waals surface area contributed by atoms with Crippen molar-refractivity contribution in [3.05, 3.63) is 40.9 Å². The molecule has 0 heterocycles. The number of phenols is 1. The van der Waals surface area contributed by atoms with Crippen LogP contribution in [0.5, 0.6) is 5.75 Å². The van der Waals surface area contributed by atoms with E-state index in [1.54, 1.807) is 12.1 Å². The first-order valence-corrected chi connectivity index (χ1v) is 4.79. The van der Waals surface area contributed by atoms with E-state index in [-0.39, 0.29) is 24.2 Å². The molecule has 0 aliphatic heterocycles. The Balaban J connectivity index is 0.00000169. The van der Waals surface area contributed by atoms with E-state index in [2.05, 4.69) is 22.5 Å². The highest BCUT2D eigenvalue weighted by molar-refractivity contribution is 9.10. The summed E-state index contributed by atoms with van der Waals surface area (Å²) in [6.45, 7) is 3.60. The van der Waals surface area contributed by atoms with Crippen LogP contribution in [0, 0.1) is 0 Å². The fourth-order valence-electron chi connectivity index (χ4n) is 1.14. The molecule has 0 aliphatic carbocycles. The quantitative estimate of drug-likeness (QED) is 0.834. The summed E-state index contributed by atoms with van der Waals surface area (Å²) in [5.41, 5.74) is 6.56. The Hall–Kier alpha value is -0.510. The topological polar surface area (TPSA) is 46.2 Å². The van der Waals surface area contributed by atoms with Gasteiger partial charge in [-0.3, -0.25) is 0 Å². The largest absolute Gasteiger partial charge is 0.508 e. The van der Waals surface area contributed by atoms with Gasteiger partial charge in [0.05, 0.1) is 0 Å². The predicted octanol–water partition coefficient (Wildman–Crippen LogP) is 3.15. The number of hydrogen-bond donors (Lipinski definition) is 2. The summed E-state index contributed by atoms with van der Waals surface area (Å²) in [6, 6.07) is 5.13. The number of rotatable bonds is 3. The van der Waals surface area contributed by atoms with Gasteiger partial charge >= 0.3 is 0 Å². The summed E-state index contributed by atoms with van der Waals surface area (Å²) in [5.74, 6) is 0.226. The molecule has 0 radical (unpaired) electrons. The van der Waals surface area contributed by atoms with Gasteiger partial charge in [-0.15, -0.1) is 19.0 Å². The molecule has 4 heteroatoms. The maximum absolute atomic E-state index is 9.54. The maximum atomic E-state index is 9.54. The van der Waals surface area contributed by atoms with Crippen molar-refractivity contribution in [2.75, 3.05) is 0 Å². The molecule has 3 N–H and O–H groups in total. The first-order chi connectivity index (χ1) is 6.15. The SMILES string of the molecule is C=CC[C@@H](N)c1ccc(Br)cc1O.Cl. The molecule has 0 bridgehead atoms. The van der Waals surface area contributed by atoms with E-state index < -0.39 is 0 Å². The first kappa shape index (κ1) is 13.5. The van der Waals surface area contributed by atoms with Gasteiger partial charge in [0, 0.05) is 16.1 Å². The smallest absolute Gasteiger partial charge is 0.121 e. The molecule has 1 aromatic carbocycles. The van der Waals surface area contributed by atoms with Crippen molar-refractivity contribution in [2.45, 2.75) is 12.5 Å². The molecule has 0 aliphatic rings. The van der Waals surface area contributed by atoms with Crippen molar-refractivity contribution < 1.29 is 5.11 Å². The Labute approximate surface area is 98.4 Å². The molecule has 1 rings (SSSR count). The van der Waals surface area contributed by atoms with Crippen LogP contribution in [-0.2, 0) is 0 Å². The molecule has 0 saturated carbocycles. The summed E-state index contributed by atoms with van der Waals surface area (Å²) in [7, 11) is 0. The van der Waals surface area contributed by atoms with E-state index in [1.807, 2.05) is 12.1 Å². The fraction of sp³-hybridized carbons (Fsp3) is 0.200. The Bertz CT molecular complexity index is 317. The third kappa shape index (κ3) is 3.33. The van der Waals surface area contributed by atoms with Gasteiger partial charge in [-0.05, 0) is 18.6 Å². The molecule has 2 nitrogen and oxygen atoms in total. The molecule has 0 unspecified atom stereocenters. The van der Waals surface area contributed by atoms with Crippen molar-refractivity contribution in [2.24, 2.45) is 5.73 Å². The molecule has 0 amide bonds. The summed E-state index contributed by atoms with van der Waals surface area (Å²) in [4.78, 5) is 0. The van der Waals surface area contributed by atoms with Crippen LogP contribution in [-0.4, -0.2) is 5.11 Å². The Kier molecular flexibility index (Phi) is 5.84. The fourth-order valence-corrected chi connectivity index (χ4v) is 1.49. The van der Waals surface area contributed by atoms with E-state index in [0.29, 0.717) is 6.42 Å². The highest BCUT2D eigenvalue weighted by atomic mass is 79.9. The molecule has 0 spiro atoms. The summed E-state index contributed by atoms with van der Waals surface area (Å²) >= 11 is 3.26. The average molecular weight is 279 g/mol. The summed E-state index contributed by atoms with van der Waals surface area (Å²) in [5, 5.41) is 9.54. The third-order valence-corrected chi connectivity index (χ3v) is 2.31. The molecule has 1 aromatic rings. The lowest BCUT2D eigenvalue weighted by atomic mass is 10.0. The van der Waals surface area contributed by atoms with Crippen molar-refractivity contribution in [1.82, 2.24) is 0 Å². The van der Waals surface area contributed by atoms with E-state index in [4.69, 9.17) is 5.73 Å². The van der Waals surface area contributed by atoms with Crippen LogP contribution < -0.4 is 5.73 Å². The Morgan fingerprint density at radius 3 is 2.71 bits per heavy atom. The molecular formula is C10H13BrClNO. The summed E-state index contributed by atoms with van der Waals surface area (Å²) in [6.07, 6.45) is 2.40. The van der Waals surface area contributed by atoms with Gasteiger partial charge in [-0.1, -0.05) is 28.1 Å². The maximum Gasteiger partial charge on any atom is 0.121 e. The minimum atomic E-state index is -0.175. The average Bonchev–Trinajstić information content (AvgIpc) is 2.04. The van der Waals surface area contributed by atoms with Crippen LogP contribution in [0.25, 0.3) is 0 Å². The Morgan fingerprint density at radius 1 is 1.57 bits per heavy atom. The lowest BCUT2D eigenvalue weighted by Gasteiger charge is -2.11. The first-order valence-electron chi connectivity index (χ1n) is 4.00. The molecule has 0 aromatic heterocycles. The molecule has 0 saturated heterocycles. The van der Waals surface area contributed by atoms with Crippen LogP contribution in [0.4, 0.5) is 0 Å². The molecule has 78 valence electrons. The second-order valence-electron chi connectivity index (χ2n) is 2.83. The van der Waals surface area contributed by atoms with Gasteiger partial charge in [0.25, 0.3) is 0 Å². The number of nitrogens with two attached hydrogens (primary N) is 1. The van der Waals surface area contributed by atoms with Gasteiger partial charge in [0.1, 0.15) is 5.75 Å². The van der Waals surface area contributed by atoms with Crippen molar-refractivity contribution in [3.8, 4) is 5.75 Å². The normalized spacial score (nSPS) is 11.6. The number of halogens is 2. The van der Waals surface area contributed by atoms with Crippen LogP contribution in [0.1, 0.15) is 18.0 Å². The van der Waals surface area contributed by atoms with Crippen molar-refractivity contribution >= 4 is 28.3 Å². The van der Waals surface area contributed by atoms with Gasteiger partial charge in [0.2, 0.25) is 0 Å². The van der Waals surface area contributed by atoms with Gasteiger partial charge in [-0.25, -0.2) is 0 Å². The minimum absolute atomic E-state index is 0. The van der Waals surface area contributed by atoms with Gasteiger partial charge < -0.3 is 10.8 Å². The van der Waals surface area contributed by atoms with Crippen molar-refractivity contribution in [1.29, 1.82) is 0 Å². The number of hydrogen-bond acceptors (Lipinski definition) is 2. The lowest BCUT2D eigenvalue weighted by molar-refractivity contribution is 0.461. The second kappa shape index (κ2) is 6.06. The third-order valence-electron chi connectivity index (χ3n) is 1.81. The molecular weight excluding hydrogens is 265 g/mol.